The van der Waals surface area contributed by atoms with E-state index in [1.807, 2.05) is 43.3 Å². The van der Waals surface area contributed by atoms with Gasteiger partial charge in [-0.15, -0.1) is 0 Å². The summed E-state index contributed by atoms with van der Waals surface area (Å²) >= 11 is 2.20. The summed E-state index contributed by atoms with van der Waals surface area (Å²) < 4.78 is 6.14. The molecule has 0 bridgehead atoms. The van der Waals surface area contributed by atoms with Gasteiger partial charge in [0.2, 0.25) is 0 Å². The van der Waals surface area contributed by atoms with Crippen LogP contribution in [0.1, 0.15) is 22.7 Å². The van der Waals surface area contributed by atoms with Gasteiger partial charge >= 0.3 is 0 Å². The molecule has 0 spiro atoms. The van der Waals surface area contributed by atoms with Crippen LogP contribution in [0.5, 0.6) is 0 Å². The van der Waals surface area contributed by atoms with E-state index in [-0.39, 0.29) is 17.9 Å². The highest BCUT2D eigenvalue weighted by atomic mass is 127. The second kappa shape index (κ2) is 8.22. The fourth-order valence-corrected chi connectivity index (χ4v) is 3.52. The van der Waals surface area contributed by atoms with Crippen LogP contribution in [0.4, 0.5) is 0 Å². The molecular weight excluding hydrogens is 457 g/mol. The Morgan fingerprint density at radius 2 is 1.74 bits per heavy atom. The molecule has 0 saturated carbocycles. The van der Waals surface area contributed by atoms with E-state index in [1.54, 1.807) is 19.2 Å². The van der Waals surface area contributed by atoms with Crippen LogP contribution in [-0.4, -0.2) is 42.0 Å². The molecule has 1 aliphatic rings. The number of hydrogen-bond donors (Lipinski definition) is 1. The molecule has 2 aromatic carbocycles. The molecule has 0 aromatic heterocycles. The highest BCUT2D eigenvalue weighted by molar-refractivity contribution is 14.1. The SMILES string of the molecule is COCCN1C(=O)C(=O)/C(=C(/O)c2ccc(C)cc2)[C@H]1c1ccc(I)cc1. The van der Waals surface area contributed by atoms with Crippen molar-refractivity contribution >= 4 is 40.0 Å². The number of aliphatic hydroxyl groups is 1. The third-order valence-corrected chi connectivity index (χ3v) is 5.31. The van der Waals surface area contributed by atoms with Gasteiger partial charge in [-0.25, -0.2) is 0 Å². The van der Waals surface area contributed by atoms with E-state index in [1.165, 1.54) is 4.90 Å². The number of aryl methyl sites for hydroxylation is 1. The average molecular weight is 477 g/mol. The quantitative estimate of drug-likeness (QED) is 0.309. The van der Waals surface area contributed by atoms with Crippen LogP contribution in [0.15, 0.2) is 54.1 Å². The van der Waals surface area contributed by atoms with Gasteiger partial charge in [-0.05, 0) is 47.2 Å². The summed E-state index contributed by atoms with van der Waals surface area (Å²) in [6.07, 6.45) is 0. The lowest BCUT2D eigenvalue weighted by Gasteiger charge is -2.25. The normalized spacial score (nSPS) is 18.9. The van der Waals surface area contributed by atoms with Crippen molar-refractivity contribution in [2.45, 2.75) is 13.0 Å². The van der Waals surface area contributed by atoms with Crippen LogP contribution in [-0.2, 0) is 14.3 Å². The molecule has 27 heavy (non-hydrogen) atoms. The minimum absolute atomic E-state index is 0.112. The Bertz CT molecular complexity index is 887. The molecule has 0 unspecified atom stereocenters. The first-order valence-electron chi connectivity index (χ1n) is 8.54. The van der Waals surface area contributed by atoms with E-state index in [0.29, 0.717) is 12.2 Å². The lowest BCUT2D eigenvalue weighted by Crippen LogP contribution is -2.32. The maximum atomic E-state index is 12.8. The number of benzene rings is 2. The predicted molar refractivity (Wildman–Crippen MR) is 111 cm³/mol. The zero-order chi connectivity index (χ0) is 19.6. The number of hydrogen-bond acceptors (Lipinski definition) is 4. The summed E-state index contributed by atoms with van der Waals surface area (Å²) in [5.41, 5.74) is 2.45. The molecule has 1 heterocycles. The van der Waals surface area contributed by atoms with E-state index in [0.717, 1.165) is 14.7 Å². The molecule has 5 nitrogen and oxygen atoms in total. The van der Waals surface area contributed by atoms with E-state index < -0.39 is 17.7 Å². The molecule has 0 radical (unpaired) electrons. The van der Waals surface area contributed by atoms with E-state index >= 15 is 0 Å². The molecule has 2 aromatic rings. The topological polar surface area (TPSA) is 66.8 Å². The van der Waals surface area contributed by atoms with Gasteiger partial charge in [0, 0.05) is 22.8 Å². The van der Waals surface area contributed by atoms with Gasteiger partial charge in [0.1, 0.15) is 5.76 Å². The summed E-state index contributed by atoms with van der Waals surface area (Å²) in [6, 6.07) is 14.2. The fraction of sp³-hybridized carbons (Fsp3) is 0.238. The molecule has 140 valence electrons. The number of nitrogens with zero attached hydrogens (tertiary/aromatic N) is 1. The second-order valence-electron chi connectivity index (χ2n) is 6.40. The smallest absolute Gasteiger partial charge is 0.295 e. The van der Waals surface area contributed by atoms with E-state index in [2.05, 4.69) is 22.6 Å². The summed E-state index contributed by atoms with van der Waals surface area (Å²) in [6.45, 7) is 2.51. The van der Waals surface area contributed by atoms with Crippen molar-refractivity contribution in [1.29, 1.82) is 0 Å². The first-order valence-corrected chi connectivity index (χ1v) is 9.61. The van der Waals surface area contributed by atoms with E-state index in [9.17, 15) is 14.7 Å². The van der Waals surface area contributed by atoms with Crippen molar-refractivity contribution in [3.8, 4) is 0 Å². The molecule has 1 atom stereocenters. The number of aliphatic hydroxyl groups excluding tert-OH is 1. The maximum absolute atomic E-state index is 12.8. The van der Waals surface area contributed by atoms with Crippen LogP contribution in [0.2, 0.25) is 0 Å². The lowest BCUT2D eigenvalue weighted by molar-refractivity contribution is -0.140. The average Bonchev–Trinajstić information content (AvgIpc) is 2.91. The highest BCUT2D eigenvalue weighted by Gasteiger charge is 2.45. The summed E-state index contributed by atoms with van der Waals surface area (Å²) in [7, 11) is 1.54. The Hall–Kier alpha value is -2.19. The Balaban J connectivity index is 2.14. The second-order valence-corrected chi connectivity index (χ2v) is 7.65. The van der Waals surface area contributed by atoms with Crippen molar-refractivity contribution in [3.63, 3.8) is 0 Å². The predicted octanol–water partition coefficient (Wildman–Crippen LogP) is 3.67. The van der Waals surface area contributed by atoms with Crippen LogP contribution in [0.25, 0.3) is 5.76 Å². The number of methoxy groups -OCH3 is 1. The minimum atomic E-state index is -0.673. The van der Waals surface area contributed by atoms with Crippen LogP contribution >= 0.6 is 22.6 Å². The van der Waals surface area contributed by atoms with Crippen LogP contribution in [0.3, 0.4) is 0 Å². The molecule has 1 fully saturated rings. The summed E-state index contributed by atoms with van der Waals surface area (Å²) in [5, 5.41) is 10.9. The zero-order valence-electron chi connectivity index (χ0n) is 15.1. The molecule has 0 aliphatic carbocycles. The van der Waals surface area contributed by atoms with Crippen molar-refractivity contribution in [3.05, 3.63) is 74.4 Å². The molecule has 3 rings (SSSR count). The van der Waals surface area contributed by atoms with Crippen molar-refractivity contribution in [2.75, 3.05) is 20.3 Å². The first kappa shape index (κ1) is 19.6. The molecular formula is C21H20INO4. The number of rotatable bonds is 5. The maximum Gasteiger partial charge on any atom is 0.295 e. The Morgan fingerprint density at radius 3 is 2.33 bits per heavy atom. The van der Waals surface area contributed by atoms with Gasteiger partial charge < -0.3 is 14.7 Å². The van der Waals surface area contributed by atoms with Gasteiger partial charge in [0.25, 0.3) is 11.7 Å². The number of Topliss-reactive ketones (excluding diaryl/α,β-unsaturated/α-hetero) is 1. The largest absolute Gasteiger partial charge is 0.507 e. The molecule has 6 heteroatoms. The lowest BCUT2D eigenvalue weighted by atomic mass is 9.95. The Labute approximate surface area is 171 Å². The summed E-state index contributed by atoms with van der Waals surface area (Å²) in [4.78, 5) is 26.9. The van der Waals surface area contributed by atoms with Crippen molar-refractivity contribution < 1.29 is 19.4 Å². The fourth-order valence-electron chi connectivity index (χ4n) is 3.16. The molecule has 1 aliphatic heterocycles. The molecule has 1 saturated heterocycles. The van der Waals surface area contributed by atoms with Crippen LogP contribution in [0, 0.1) is 10.5 Å². The van der Waals surface area contributed by atoms with Gasteiger partial charge in [-0.2, -0.15) is 0 Å². The number of likely N-dealkylation sites (tertiary alicyclic amines) is 1. The molecule has 1 N–H and O–H groups in total. The van der Waals surface area contributed by atoms with Gasteiger partial charge in [0.05, 0.1) is 18.2 Å². The molecule has 1 amide bonds. The number of ketones is 1. The van der Waals surface area contributed by atoms with Gasteiger partial charge in [-0.1, -0.05) is 42.0 Å². The van der Waals surface area contributed by atoms with Gasteiger partial charge in [-0.3, -0.25) is 9.59 Å². The zero-order valence-corrected chi connectivity index (χ0v) is 17.3. The minimum Gasteiger partial charge on any atom is -0.507 e. The van der Waals surface area contributed by atoms with E-state index in [4.69, 9.17) is 4.74 Å². The van der Waals surface area contributed by atoms with Crippen molar-refractivity contribution in [2.24, 2.45) is 0 Å². The van der Waals surface area contributed by atoms with Crippen LogP contribution < -0.4 is 0 Å². The number of halogens is 1. The number of carbonyl (C=O) groups is 2. The third-order valence-electron chi connectivity index (χ3n) is 4.59. The number of ether oxygens (including phenoxy) is 1. The standard InChI is InChI=1S/C21H20INO4/c1-13-3-5-15(6-4-13)19(24)17-18(14-7-9-16(22)10-8-14)23(11-12-27-2)21(26)20(17)25/h3-10,18,24H,11-12H2,1-2H3/b19-17+/t18-/m1/s1. The number of carbonyl (C=O) groups excluding carboxylic acids is 2. The number of amides is 1. The first-order chi connectivity index (χ1) is 12.9. The van der Waals surface area contributed by atoms with Crippen molar-refractivity contribution in [1.82, 2.24) is 4.90 Å². The highest BCUT2D eigenvalue weighted by Crippen LogP contribution is 2.39. The Kier molecular flexibility index (Phi) is 5.96. The summed E-state index contributed by atoms with van der Waals surface area (Å²) in [5.74, 6) is -1.45. The van der Waals surface area contributed by atoms with Gasteiger partial charge in [0.15, 0.2) is 0 Å². The monoisotopic (exact) mass is 477 g/mol. The Morgan fingerprint density at radius 1 is 1.11 bits per heavy atom. The third kappa shape index (κ3) is 3.91.